The number of anilines is 1. The molecule has 0 amide bonds. The molecule has 2 rings (SSSR count). The van der Waals surface area contributed by atoms with Gasteiger partial charge < -0.3 is 5.73 Å². The fourth-order valence-electron chi connectivity index (χ4n) is 1.55. The minimum absolute atomic E-state index is 0.0365. The maximum Gasteiger partial charge on any atom is 0.150 e. The van der Waals surface area contributed by atoms with Gasteiger partial charge in [0.2, 0.25) is 0 Å². The van der Waals surface area contributed by atoms with Crippen LogP contribution in [0.5, 0.6) is 0 Å². The Hall–Kier alpha value is -1.10. The van der Waals surface area contributed by atoms with Crippen LogP contribution in [0.2, 0.25) is 10.0 Å². The Kier molecular flexibility index (Phi) is 4.45. The van der Waals surface area contributed by atoms with Crippen molar-refractivity contribution in [1.82, 2.24) is 0 Å². The Morgan fingerprint density at radius 3 is 2.58 bits per heavy atom. The maximum atomic E-state index is 13.7. The third-order valence-electron chi connectivity index (χ3n) is 2.55. The molecular weight excluding hydrogens is 308 g/mol. The highest BCUT2D eigenvalue weighted by molar-refractivity contribution is 7.84. The van der Waals surface area contributed by atoms with Crippen LogP contribution in [0.15, 0.2) is 41.3 Å². The van der Waals surface area contributed by atoms with Gasteiger partial charge in [0.1, 0.15) is 5.82 Å². The lowest BCUT2D eigenvalue weighted by molar-refractivity contribution is 0.620. The van der Waals surface area contributed by atoms with E-state index in [0.717, 1.165) is 0 Å². The zero-order chi connectivity index (χ0) is 14.0. The highest BCUT2D eigenvalue weighted by Gasteiger charge is 2.12. The molecule has 2 nitrogen and oxygen atoms in total. The highest BCUT2D eigenvalue weighted by Crippen LogP contribution is 2.25. The highest BCUT2D eigenvalue weighted by atomic mass is 35.5. The summed E-state index contributed by atoms with van der Waals surface area (Å²) in [6.45, 7) is 0. The lowest BCUT2D eigenvalue weighted by atomic mass is 10.2. The molecule has 6 heteroatoms. The van der Waals surface area contributed by atoms with Crippen molar-refractivity contribution in [3.63, 3.8) is 0 Å². The smallest absolute Gasteiger partial charge is 0.150 e. The minimum atomic E-state index is -1.41. The van der Waals surface area contributed by atoms with Crippen molar-refractivity contribution in [1.29, 1.82) is 0 Å². The molecule has 0 radical (unpaired) electrons. The van der Waals surface area contributed by atoms with Gasteiger partial charge in [0.15, 0.2) is 0 Å². The molecule has 0 saturated carbocycles. The summed E-state index contributed by atoms with van der Waals surface area (Å²) < 4.78 is 25.9. The zero-order valence-electron chi connectivity index (χ0n) is 9.70. The fourth-order valence-corrected chi connectivity index (χ4v) is 3.06. The average molecular weight is 318 g/mol. The van der Waals surface area contributed by atoms with Gasteiger partial charge in [-0.3, -0.25) is 4.21 Å². The number of hydrogen-bond acceptors (Lipinski definition) is 2. The lowest BCUT2D eigenvalue weighted by Gasteiger charge is -2.06. The lowest BCUT2D eigenvalue weighted by Crippen LogP contribution is -2.01. The Balaban J connectivity index is 2.26. The van der Waals surface area contributed by atoms with Gasteiger partial charge in [-0.15, -0.1) is 0 Å². The Labute approximate surface area is 122 Å². The first-order valence-corrected chi connectivity index (χ1v) is 7.43. The molecule has 0 aromatic heterocycles. The van der Waals surface area contributed by atoms with Crippen LogP contribution in [-0.4, -0.2) is 4.21 Å². The van der Waals surface area contributed by atoms with E-state index in [1.54, 1.807) is 24.3 Å². The number of rotatable bonds is 3. The summed E-state index contributed by atoms with van der Waals surface area (Å²) in [4.78, 5) is 0.497. The molecule has 0 spiro atoms. The van der Waals surface area contributed by atoms with Crippen molar-refractivity contribution in [3.05, 3.63) is 57.8 Å². The molecule has 2 aromatic rings. The summed E-state index contributed by atoms with van der Waals surface area (Å²) in [5.74, 6) is -0.495. The van der Waals surface area contributed by atoms with Crippen LogP contribution in [-0.2, 0) is 16.6 Å². The van der Waals surface area contributed by atoms with E-state index in [2.05, 4.69) is 0 Å². The standard InChI is InChI=1S/C13H10Cl2FNOS/c14-10-5-4-9(6-11(10)15)19(18)7-8-2-1-3-12(17)13(8)16/h1-6H,7,17H2. The van der Waals surface area contributed by atoms with Gasteiger partial charge in [-0.2, -0.15) is 0 Å². The summed E-state index contributed by atoms with van der Waals surface area (Å²) in [7, 11) is -1.41. The number of nitrogens with two attached hydrogens (primary N) is 1. The van der Waals surface area contributed by atoms with Crippen LogP contribution in [0.25, 0.3) is 0 Å². The molecule has 0 bridgehead atoms. The van der Waals surface area contributed by atoms with Crippen LogP contribution >= 0.6 is 23.2 Å². The molecule has 0 aliphatic carbocycles. The molecule has 19 heavy (non-hydrogen) atoms. The summed E-state index contributed by atoms with van der Waals surface area (Å²) in [6, 6.07) is 9.33. The summed E-state index contributed by atoms with van der Waals surface area (Å²) in [6.07, 6.45) is 0. The average Bonchev–Trinajstić information content (AvgIpc) is 2.38. The largest absolute Gasteiger partial charge is 0.396 e. The van der Waals surface area contributed by atoms with Gasteiger partial charge in [0.25, 0.3) is 0 Å². The molecular formula is C13H10Cl2FNOS. The van der Waals surface area contributed by atoms with Crippen LogP contribution in [0.1, 0.15) is 5.56 Å². The minimum Gasteiger partial charge on any atom is -0.396 e. The molecule has 2 N–H and O–H groups in total. The van der Waals surface area contributed by atoms with E-state index in [1.165, 1.54) is 12.1 Å². The first-order valence-electron chi connectivity index (χ1n) is 5.35. The van der Waals surface area contributed by atoms with Gasteiger partial charge in [-0.25, -0.2) is 4.39 Å². The molecule has 0 fully saturated rings. The van der Waals surface area contributed by atoms with E-state index in [9.17, 15) is 8.60 Å². The van der Waals surface area contributed by atoms with Gasteiger partial charge in [-0.05, 0) is 24.3 Å². The molecule has 0 saturated heterocycles. The molecule has 0 aliphatic rings. The first kappa shape index (κ1) is 14.3. The number of benzene rings is 2. The first-order chi connectivity index (χ1) is 8.99. The van der Waals surface area contributed by atoms with E-state index in [-0.39, 0.29) is 11.4 Å². The van der Waals surface area contributed by atoms with E-state index in [4.69, 9.17) is 28.9 Å². The molecule has 0 heterocycles. The van der Waals surface area contributed by atoms with Crippen LogP contribution in [0.3, 0.4) is 0 Å². The van der Waals surface area contributed by atoms with Gasteiger partial charge in [-0.1, -0.05) is 35.3 Å². The van der Waals surface area contributed by atoms with Crippen molar-refractivity contribution in [2.75, 3.05) is 5.73 Å². The predicted octanol–water partition coefficient (Wildman–Crippen LogP) is 4.02. The third-order valence-corrected chi connectivity index (χ3v) is 4.64. The molecule has 1 atom stereocenters. The Morgan fingerprint density at radius 1 is 1.16 bits per heavy atom. The quantitative estimate of drug-likeness (QED) is 0.869. The number of nitrogen functional groups attached to an aromatic ring is 1. The summed E-state index contributed by atoms with van der Waals surface area (Å²) >= 11 is 11.6. The summed E-state index contributed by atoms with van der Waals surface area (Å²) in [5, 5.41) is 0.707. The van der Waals surface area contributed by atoms with Crippen molar-refractivity contribution in [2.45, 2.75) is 10.6 Å². The van der Waals surface area contributed by atoms with Crippen LogP contribution in [0.4, 0.5) is 10.1 Å². The second-order valence-corrected chi connectivity index (χ2v) is 6.15. The Morgan fingerprint density at radius 2 is 1.89 bits per heavy atom. The SMILES string of the molecule is Nc1cccc(CS(=O)c2ccc(Cl)c(Cl)c2)c1F. The fraction of sp³-hybridized carbons (Fsp3) is 0.0769. The summed E-state index contributed by atoms with van der Waals surface area (Å²) in [5.41, 5.74) is 5.82. The molecule has 100 valence electrons. The molecule has 1 unspecified atom stereocenters. The van der Waals surface area contributed by atoms with Crippen molar-refractivity contribution in [2.24, 2.45) is 0 Å². The van der Waals surface area contributed by atoms with Crippen LogP contribution < -0.4 is 5.73 Å². The Bertz CT molecular complexity index is 649. The van der Waals surface area contributed by atoms with E-state index < -0.39 is 16.6 Å². The molecule has 0 aliphatic heterocycles. The van der Waals surface area contributed by atoms with E-state index >= 15 is 0 Å². The van der Waals surface area contributed by atoms with Gasteiger partial charge >= 0.3 is 0 Å². The topological polar surface area (TPSA) is 43.1 Å². The molecule has 2 aromatic carbocycles. The predicted molar refractivity (Wildman–Crippen MR) is 77.4 cm³/mol. The van der Waals surface area contributed by atoms with E-state index in [1.807, 2.05) is 0 Å². The van der Waals surface area contributed by atoms with E-state index in [0.29, 0.717) is 20.5 Å². The van der Waals surface area contributed by atoms with Gasteiger partial charge in [0.05, 0.1) is 32.3 Å². The zero-order valence-corrected chi connectivity index (χ0v) is 12.0. The van der Waals surface area contributed by atoms with Crippen molar-refractivity contribution < 1.29 is 8.60 Å². The number of halogens is 3. The second-order valence-electron chi connectivity index (χ2n) is 3.89. The van der Waals surface area contributed by atoms with Crippen LogP contribution in [0, 0.1) is 5.82 Å². The monoisotopic (exact) mass is 317 g/mol. The maximum absolute atomic E-state index is 13.7. The van der Waals surface area contributed by atoms with Crippen molar-refractivity contribution >= 4 is 39.7 Å². The second kappa shape index (κ2) is 5.90. The normalized spacial score (nSPS) is 12.4. The van der Waals surface area contributed by atoms with Gasteiger partial charge in [0, 0.05) is 10.5 Å². The van der Waals surface area contributed by atoms with Crippen molar-refractivity contribution in [3.8, 4) is 0 Å². The third kappa shape index (κ3) is 3.26. The number of hydrogen-bond donors (Lipinski definition) is 1.